The van der Waals surface area contributed by atoms with Crippen LogP contribution in [0.4, 0.5) is 0 Å². The van der Waals surface area contributed by atoms with E-state index in [1.165, 1.54) is 31.5 Å². The van der Waals surface area contributed by atoms with Crippen molar-refractivity contribution in [1.82, 2.24) is 14.7 Å². The van der Waals surface area contributed by atoms with Crippen LogP contribution in [0.1, 0.15) is 18.4 Å². The molecule has 0 N–H and O–H groups in total. The van der Waals surface area contributed by atoms with Crippen LogP contribution in [0.2, 0.25) is 0 Å². The number of likely N-dealkylation sites (tertiary alicyclic amines) is 1. The zero-order valence-electron chi connectivity index (χ0n) is 9.19. The van der Waals surface area contributed by atoms with Gasteiger partial charge in [-0.1, -0.05) is 0 Å². The Morgan fingerprint density at radius 2 is 2.20 bits per heavy atom. The van der Waals surface area contributed by atoms with Crippen molar-refractivity contribution in [3.63, 3.8) is 0 Å². The van der Waals surface area contributed by atoms with Crippen LogP contribution in [0.15, 0.2) is 12.4 Å². The first-order valence-electron chi connectivity index (χ1n) is 5.54. The van der Waals surface area contributed by atoms with Crippen molar-refractivity contribution >= 4 is 11.6 Å². The van der Waals surface area contributed by atoms with Crippen LogP contribution < -0.4 is 0 Å². The lowest BCUT2D eigenvalue weighted by atomic mass is 9.99. The summed E-state index contributed by atoms with van der Waals surface area (Å²) in [6, 6.07) is 0. The third-order valence-electron chi connectivity index (χ3n) is 3.09. The van der Waals surface area contributed by atoms with E-state index in [9.17, 15) is 0 Å². The summed E-state index contributed by atoms with van der Waals surface area (Å²) in [5.74, 6) is 1.55. The summed E-state index contributed by atoms with van der Waals surface area (Å²) < 4.78 is 1.86. The van der Waals surface area contributed by atoms with Crippen molar-refractivity contribution in [3.8, 4) is 0 Å². The maximum absolute atomic E-state index is 5.86. The van der Waals surface area contributed by atoms with E-state index in [-0.39, 0.29) is 0 Å². The van der Waals surface area contributed by atoms with Crippen LogP contribution in [0, 0.1) is 5.92 Å². The average Bonchev–Trinajstić information content (AvgIpc) is 2.65. The van der Waals surface area contributed by atoms with Gasteiger partial charge in [0.25, 0.3) is 0 Å². The van der Waals surface area contributed by atoms with Gasteiger partial charge in [-0.2, -0.15) is 5.10 Å². The summed E-state index contributed by atoms with van der Waals surface area (Å²) in [4.78, 5) is 2.49. The zero-order chi connectivity index (χ0) is 10.7. The van der Waals surface area contributed by atoms with Gasteiger partial charge in [-0.25, -0.2) is 0 Å². The van der Waals surface area contributed by atoms with E-state index in [4.69, 9.17) is 11.6 Å². The Morgan fingerprint density at radius 3 is 2.73 bits per heavy atom. The van der Waals surface area contributed by atoms with E-state index in [0.717, 1.165) is 18.3 Å². The molecule has 0 unspecified atom stereocenters. The molecule has 15 heavy (non-hydrogen) atoms. The molecule has 1 fully saturated rings. The van der Waals surface area contributed by atoms with Crippen LogP contribution in [0.3, 0.4) is 0 Å². The monoisotopic (exact) mass is 227 g/mol. The van der Waals surface area contributed by atoms with Gasteiger partial charge < -0.3 is 0 Å². The average molecular weight is 228 g/mol. The van der Waals surface area contributed by atoms with Gasteiger partial charge in [0.05, 0.1) is 6.20 Å². The second-order valence-electron chi connectivity index (χ2n) is 4.40. The standard InChI is InChI=1S/C11H18ClN3/c1-14-8-11(7-13-14)9-15-4-2-10(6-12)3-5-15/h7-8,10H,2-6,9H2,1H3. The zero-order valence-corrected chi connectivity index (χ0v) is 9.95. The molecule has 2 heterocycles. The highest BCUT2D eigenvalue weighted by Gasteiger charge is 2.18. The van der Waals surface area contributed by atoms with Crippen molar-refractivity contribution < 1.29 is 0 Å². The minimum Gasteiger partial charge on any atom is -0.299 e. The molecule has 0 saturated carbocycles. The van der Waals surface area contributed by atoms with Gasteiger partial charge in [0, 0.05) is 31.2 Å². The quantitative estimate of drug-likeness (QED) is 0.736. The second-order valence-corrected chi connectivity index (χ2v) is 4.70. The molecule has 0 spiro atoms. The molecular formula is C11H18ClN3. The highest BCUT2D eigenvalue weighted by Crippen LogP contribution is 2.19. The SMILES string of the molecule is Cn1cc(CN2CCC(CCl)CC2)cn1. The number of aryl methyl sites for hydroxylation is 1. The largest absolute Gasteiger partial charge is 0.299 e. The number of hydrogen-bond acceptors (Lipinski definition) is 2. The molecule has 2 rings (SSSR count). The number of piperidine rings is 1. The van der Waals surface area contributed by atoms with Gasteiger partial charge in [-0.3, -0.25) is 9.58 Å². The van der Waals surface area contributed by atoms with Gasteiger partial charge in [-0.15, -0.1) is 11.6 Å². The number of rotatable bonds is 3. The van der Waals surface area contributed by atoms with Crippen molar-refractivity contribution in [2.75, 3.05) is 19.0 Å². The molecule has 4 heteroatoms. The van der Waals surface area contributed by atoms with Crippen molar-refractivity contribution in [2.24, 2.45) is 13.0 Å². The number of halogens is 1. The number of hydrogen-bond donors (Lipinski definition) is 0. The summed E-state index contributed by atoms with van der Waals surface area (Å²) in [7, 11) is 1.96. The highest BCUT2D eigenvalue weighted by molar-refractivity contribution is 6.18. The van der Waals surface area contributed by atoms with Gasteiger partial charge in [0.1, 0.15) is 0 Å². The van der Waals surface area contributed by atoms with Crippen LogP contribution in [-0.4, -0.2) is 33.6 Å². The molecule has 3 nitrogen and oxygen atoms in total. The van der Waals surface area contributed by atoms with Crippen molar-refractivity contribution in [3.05, 3.63) is 18.0 Å². The first-order valence-corrected chi connectivity index (χ1v) is 6.07. The maximum atomic E-state index is 5.86. The molecule has 84 valence electrons. The lowest BCUT2D eigenvalue weighted by Crippen LogP contribution is -2.33. The fraction of sp³-hybridized carbons (Fsp3) is 0.727. The summed E-state index contributed by atoms with van der Waals surface area (Å²) in [5, 5.41) is 4.18. The minimum absolute atomic E-state index is 0.733. The normalized spacial score (nSPS) is 19.6. The van der Waals surface area contributed by atoms with Crippen LogP contribution >= 0.6 is 11.6 Å². The van der Waals surface area contributed by atoms with Crippen LogP contribution in [-0.2, 0) is 13.6 Å². The maximum Gasteiger partial charge on any atom is 0.0534 e. The van der Waals surface area contributed by atoms with E-state index in [2.05, 4.69) is 16.2 Å². The lowest BCUT2D eigenvalue weighted by Gasteiger charge is -2.30. The molecule has 0 atom stereocenters. The molecule has 1 aliphatic rings. The van der Waals surface area contributed by atoms with E-state index in [0.29, 0.717) is 0 Å². The fourth-order valence-electron chi connectivity index (χ4n) is 2.11. The molecule has 0 radical (unpaired) electrons. The van der Waals surface area contributed by atoms with Gasteiger partial charge in [0.15, 0.2) is 0 Å². The molecule has 1 aromatic rings. The Balaban J connectivity index is 1.82. The molecule has 0 amide bonds. The molecular weight excluding hydrogens is 210 g/mol. The topological polar surface area (TPSA) is 21.1 Å². The number of alkyl halides is 1. The summed E-state index contributed by atoms with van der Waals surface area (Å²) in [5.41, 5.74) is 1.31. The van der Waals surface area contributed by atoms with E-state index in [1.807, 2.05) is 17.9 Å². The smallest absolute Gasteiger partial charge is 0.0534 e. The second kappa shape index (κ2) is 4.99. The first kappa shape index (κ1) is 11.0. The predicted octanol–water partition coefficient (Wildman–Crippen LogP) is 1.87. The Kier molecular flexibility index (Phi) is 3.65. The predicted molar refractivity (Wildman–Crippen MR) is 61.9 cm³/mol. The fourth-order valence-corrected chi connectivity index (χ4v) is 2.42. The summed E-state index contributed by atoms with van der Waals surface area (Å²) >= 11 is 5.86. The Hall–Kier alpha value is -0.540. The van der Waals surface area contributed by atoms with E-state index in [1.54, 1.807) is 0 Å². The number of aromatic nitrogens is 2. The highest BCUT2D eigenvalue weighted by atomic mass is 35.5. The van der Waals surface area contributed by atoms with Crippen LogP contribution in [0.25, 0.3) is 0 Å². The van der Waals surface area contributed by atoms with Gasteiger partial charge in [0.2, 0.25) is 0 Å². The third-order valence-corrected chi connectivity index (χ3v) is 3.53. The van der Waals surface area contributed by atoms with Crippen molar-refractivity contribution in [1.29, 1.82) is 0 Å². The van der Waals surface area contributed by atoms with Gasteiger partial charge >= 0.3 is 0 Å². The molecule has 1 aromatic heterocycles. The van der Waals surface area contributed by atoms with Crippen molar-refractivity contribution in [2.45, 2.75) is 19.4 Å². The Bertz CT molecular complexity index is 303. The van der Waals surface area contributed by atoms with E-state index >= 15 is 0 Å². The summed E-state index contributed by atoms with van der Waals surface area (Å²) in [6.07, 6.45) is 6.52. The minimum atomic E-state index is 0.733. The number of nitrogens with zero attached hydrogens (tertiary/aromatic N) is 3. The Morgan fingerprint density at radius 1 is 1.47 bits per heavy atom. The molecule has 1 saturated heterocycles. The molecule has 0 bridgehead atoms. The first-order chi connectivity index (χ1) is 7.28. The summed E-state index contributed by atoms with van der Waals surface area (Å²) in [6.45, 7) is 3.38. The Labute approximate surface area is 96.0 Å². The lowest BCUT2D eigenvalue weighted by molar-refractivity contribution is 0.186. The third kappa shape index (κ3) is 2.95. The molecule has 1 aliphatic heterocycles. The van der Waals surface area contributed by atoms with Gasteiger partial charge in [-0.05, 0) is 31.8 Å². The van der Waals surface area contributed by atoms with Crippen LogP contribution in [0.5, 0.6) is 0 Å². The molecule has 0 aromatic carbocycles. The van der Waals surface area contributed by atoms with E-state index < -0.39 is 0 Å². The molecule has 0 aliphatic carbocycles.